The lowest BCUT2D eigenvalue weighted by atomic mass is 10.1. The Hall–Kier alpha value is -3.16. The van der Waals surface area contributed by atoms with Crippen LogP contribution < -0.4 is 11.2 Å². The third kappa shape index (κ3) is 4.16. The molecule has 1 aromatic carbocycles. The highest BCUT2D eigenvalue weighted by molar-refractivity contribution is 5.76. The van der Waals surface area contributed by atoms with Crippen molar-refractivity contribution in [2.45, 2.75) is 39.3 Å². The van der Waals surface area contributed by atoms with Crippen LogP contribution >= 0.6 is 0 Å². The minimum atomic E-state index is -0.406. The molecular weight excluding hydrogens is 370 g/mol. The van der Waals surface area contributed by atoms with Gasteiger partial charge in [-0.2, -0.15) is 0 Å². The fourth-order valence-corrected chi connectivity index (χ4v) is 3.40. The van der Waals surface area contributed by atoms with Gasteiger partial charge in [0, 0.05) is 40.7 Å². The summed E-state index contributed by atoms with van der Waals surface area (Å²) in [6, 6.07) is 8.29. The van der Waals surface area contributed by atoms with Gasteiger partial charge in [-0.15, -0.1) is 0 Å². The molecule has 3 aromatic rings. The minimum absolute atomic E-state index is 0.0503. The van der Waals surface area contributed by atoms with Gasteiger partial charge in [-0.1, -0.05) is 31.2 Å². The molecule has 0 N–H and O–H groups in total. The first-order valence-electron chi connectivity index (χ1n) is 9.76. The third-order valence-electron chi connectivity index (χ3n) is 5.28. The van der Waals surface area contributed by atoms with Crippen LogP contribution in [0.25, 0.3) is 11.2 Å². The molecule has 0 saturated heterocycles. The highest BCUT2D eigenvalue weighted by Crippen LogP contribution is 2.10. The van der Waals surface area contributed by atoms with Crippen molar-refractivity contribution in [3.05, 3.63) is 62.6 Å². The lowest BCUT2D eigenvalue weighted by Crippen LogP contribution is -2.37. The van der Waals surface area contributed by atoms with Crippen LogP contribution in [-0.4, -0.2) is 36.5 Å². The number of hydrogen-bond donors (Lipinski definition) is 0. The number of aromatic nitrogens is 4. The Bertz CT molecular complexity index is 1140. The van der Waals surface area contributed by atoms with Gasteiger partial charge >= 0.3 is 5.69 Å². The van der Waals surface area contributed by atoms with E-state index in [0.717, 1.165) is 16.6 Å². The predicted molar refractivity (Wildman–Crippen MR) is 112 cm³/mol. The van der Waals surface area contributed by atoms with E-state index in [1.54, 1.807) is 29.9 Å². The lowest BCUT2D eigenvalue weighted by molar-refractivity contribution is -0.130. The molecule has 154 valence electrons. The smallest absolute Gasteiger partial charge is 0.332 e. The van der Waals surface area contributed by atoms with Crippen molar-refractivity contribution in [2.24, 2.45) is 14.1 Å². The first-order chi connectivity index (χ1) is 13.8. The van der Waals surface area contributed by atoms with Crippen LogP contribution in [0.15, 0.2) is 40.2 Å². The van der Waals surface area contributed by atoms with Crippen molar-refractivity contribution in [2.75, 3.05) is 7.05 Å². The van der Waals surface area contributed by atoms with Gasteiger partial charge < -0.3 is 9.47 Å². The molecule has 29 heavy (non-hydrogen) atoms. The summed E-state index contributed by atoms with van der Waals surface area (Å²) in [7, 11) is 4.84. The Morgan fingerprint density at radius 3 is 2.38 bits per heavy atom. The molecule has 8 nitrogen and oxygen atoms in total. The van der Waals surface area contributed by atoms with E-state index >= 15 is 0 Å². The Kier molecular flexibility index (Phi) is 6.00. The molecule has 3 rings (SSSR count). The van der Waals surface area contributed by atoms with E-state index < -0.39 is 5.69 Å². The molecular formula is C21H27N5O3. The van der Waals surface area contributed by atoms with Crippen molar-refractivity contribution < 1.29 is 4.79 Å². The van der Waals surface area contributed by atoms with Gasteiger partial charge in [-0.25, -0.2) is 9.78 Å². The molecule has 0 unspecified atom stereocenters. The number of aryl methyl sites for hydroxylation is 3. The second-order valence-electron chi connectivity index (χ2n) is 7.34. The van der Waals surface area contributed by atoms with E-state index in [4.69, 9.17) is 0 Å². The van der Waals surface area contributed by atoms with Crippen molar-refractivity contribution in [1.82, 2.24) is 23.6 Å². The van der Waals surface area contributed by atoms with Crippen LogP contribution in [0.5, 0.6) is 0 Å². The van der Waals surface area contributed by atoms with Crippen LogP contribution in [0, 0.1) is 0 Å². The summed E-state index contributed by atoms with van der Waals surface area (Å²) in [6.07, 6.45) is 3.49. The lowest BCUT2D eigenvalue weighted by Gasteiger charge is -2.17. The summed E-state index contributed by atoms with van der Waals surface area (Å²) in [5, 5.41) is 0. The van der Waals surface area contributed by atoms with Crippen LogP contribution in [-0.2, 0) is 38.4 Å². The molecule has 0 bridgehead atoms. The Morgan fingerprint density at radius 1 is 1.07 bits per heavy atom. The molecule has 0 aliphatic rings. The number of benzene rings is 1. The quantitative estimate of drug-likeness (QED) is 0.604. The maximum atomic E-state index is 12.5. The first kappa shape index (κ1) is 20.6. The van der Waals surface area contributed by atoms with Crippen LogP contribution in [0.4, 0.5) is 0 Å². The Balaban J connectivity index is 1.63. The van der Waals surface area contributed by atoms with E-state index in [1.165, 1.54) is 17.2 Å². The Labute approximate surface area is 169 Å². The minimum Gasteiger partial charge on any atom is -0.341 e. The molecule has 0 spiro atoms. The van der Waals surface area contributed by atoms with Gasteiger partial charge in [0.05, 0.1) is 6.33 Å². The summed E-state index contributed by atoms with van der Waals surface area (Å²) >= 11 is 0. The highest BCUT2D eigenvalue weighted by atomic mass is 16.2. The number of imidazole rings is 1. The van der Waals surface area contributed by atoms with E-state index in [9.17, 15) is 14.4 Å². The summed E-state index contributed by atoms with van der Waals surface area (Å²) in [6.45, 7) is 3.16. The highest BCUT2D eigenvalue weighted by Gasteiger charge is 2.15. The van der Waals surface area contributed by atoms with Crippen LogP contribution in [0.2, 0.25) is 0 Å². The monoisotopic (exact) mass is 397 g/mol. The average Bonchev–Trinajstić information content (AvgIpc) is 3.15. The number of nitrogens with zero attached hydrogens (tertiary/aromatic N) is 5. The summed E-state index contributed by atoms with van der Waals surface area (Å²) < 4.78 is 4.15. The number of carbonyl (C=O) groups excluding carboxylic acids is 1. The molecule has 0 aliphatic heterocycles. The summed E-state index contributed by atoms with van der Waals surface area (Å²) in [4.78, 5) is 42.8. The van der Waals surface area contributed by atoms with Crippen molar-refractivity contribution in [3.8, 4) is 0 Å². The number of fused-ring (bicyclic) bond motifs is 1. The fraction of sp³-hybridized carbons (Fsp3) is 0.429. The van der Waals surface area contributed by atoms with Gasteiger partial charge in [-0.05, 0) is 24.0 Å². The SMILES string of the molecule is CCc1ccc(CN(C)C(=O)CCCn2cnc3c2c(=O)n(C)c(=O)n3C)cc1. The standard InChI is InChI=1S/C21H27N5O3/c1-5-15-8-10-16(11-9-15)13-23(2)17(27)7-6-12-26-14-22-19-18(26)20(28)25(4)21(29)24(19)3/h8-11,14H,5-7,12-13H2,1-4H3. The zero-order chi connectivity index (χ0) is 21.1. The average molecular weight is 397 g/mol. The van der Waals surface area contributed by atoms with Crippen molar-refractivity contribution >= 4 is 17.1 Å². The molecule has 1 amide bonds. The second-order valence-corrected chi connectivity index (χ2v) is 7.34. The molecule has 0 saturated carbocycles. The van der Waals surface area contributed by atoms with E-state index in [2.05, 4.69) is 36.2 Å². The zero-order valence-corrected chi connectivity index (χ0v) is 17.4. The molecule has 0 atom stereocenters. The van der Waals surface area contributed by atoms with Gasteiger partial charge in [0.1, 0.15) is 0 Å². The van der Waals surface area contributed by atoms with Gasteiger partial charge in [0.25, 0.3) is 5.56 Å². The fourth-order valence-electron chi connectivity index (χ4n) is 3.40. The number of rotatable bonds is 7. The normalized spacial score (nSPS) is 11.2. The predicted octanol–water partition coefficient (Wildman–Crippen LogP) is 1.43. The molecule has 0 fully saturated rings. The van der Waals surface area contributed by atoms with E-state index in [-0.39, 0.29) is 11.5 Å². The van der Waals surface area contributed by atoms with Crippen molar-refractivity contribution in [1.29, 1.82) is 0 Å². The van der Waals surface area contributed by atoms with Gasteiger partial charge in [-0.3, -0.25) is 18.7 Å². The first-order valence-corrected chi connectivity index (χ1v) is 9.76. The Morgan fingerprint density at radius 2 is 1.72 bits per heavy atom. The zero-order valence-electron chi connectivity index (χ0n) is 17.4. The second kappa shape index (κ2) is 8.46. The maximum Gasteiger partial charge on any atom is 0.332 e. The van der Waals surface area contributed by atoms with E-state index in [0.29, 0.717) is 37.1 Å². The number of carbonyl (C=O) groups is 1. The summed E-state index contributed by atoms with van der Waals surface area (Å²) in [5.74, 6) is 0.0503. The number of hydrogen-bond acceptors (Lipinski definition) is 4. The van der Waals surface area contributed by atoms with Crippen molar-refractivity contribution in [3.63, 3.8) is 0 Å². The number of amides is 1. The topological polar surface area (TPSA) is 82.1 Å². The molecule has 0 radical (unpaired) electrons. The van der Waals surface area contributed by atoms with Crippen LogP contribution in [0.3, 0.4) is 0 Å². The van der Waals surface area contributed by atoms with Gasteiger partial charge in [0.2, 0.25) is 5.91 Å². The molecule has 0 aliphatic carbocycles. The van der Waals surface area contributed by atoms with E-state index in [1.807, 2.05) is 0 Å². The molecule has 8 heteroatoms. The maximum absolute atomic E-state index is 12.5. The third-order valence-corrected chi connectivity index (χ3v) is 5.28. The van der Waals surface area contributed by atoms with Crippen LogP contribution in [0.1, 0.15) is 30.9 Å². The largest absolute Gasteiger partial charge is 0.341 e. The van der Waals surface area contributed by atoms with Gasteiger partial charge in [0.15, 0.2) is 11.2 Å². The molecule has 2 heterocycles. The summed E-state index contributed by atoms with van der Waals surface area (Å²) in [5.41, 5.74) is 2.33. The molecule has 2 aromatic heterocycles.